The number of benzene rings is 1. The van der Waals surface area contributed by atoms with Gasteiger partial charge in [-0.1, -0.05) is 18.2 Å². The lowest BCUT2D eigenvalue weighted by molar-refractivity contribution is 0.628. The number of aromatic nitrogens is 3. The molecule has 1 N–H and O–H groups in total. The molecule has 4 rings (SSSR count). The van der Waals surface area contributed by atoms with Gasteiger partial charge in [0.05, 0.1) is 5.39 Å². The van der Waals surface area contributed by atoms with Crippen LogP contribution in [0.1, 0.15) is 5.69 Å². The predicted octanol–water partition coefficient (Wildman–Crippen LogP) is 4.55. The Kier molecular flexibility index (Phi) is 4.35. The highest BCUT2D eigenvalue weighted by atomic mass is 32.1. The first-order chi connectivity index (χ1) is 12.3. The Morgan fingerprint density at radius 3 is 2.68 bits per heavy atom. The van der Waals surface area contributed by atoms with Crippen LogP contribution >= 0.6 is 11.3 Å². The summed E-state index contributed by atoms with van der Waals surface area (Å²) in [7, 11) is 0. The van der Waals surface area contributed by atoms with E-state index in [0.29, 0.717) is 0 Å². The lowest BCUT2D eigenvalue weighted by atomic mass is 10.1. The predicted molar refractivity (Wildman–Crippen MR) is 99.2 cm³/mol. The molecule has 25 heavy (non-hydrogen) atoms. The zero-order valence-corrected chi connectivity index (χ0v) is 14.1. The van der Waals surface area contributed by atoms with Gasteiger partial charge in [-0.2, -0.15) is 0 Å². The molecule has 0 bridgehead atoms. The molecule has 3 heterocycles. The molecule has 0 fully saturated rings. The summed E-state index contributed by atoms with van der Waals surface area (Å²) in [6.45, 7) is 0.724. The molecule has 0 radical (unpaired) electrons. The Balaban J connectivity index is 1.62. The molecule has 0 saturated heterocycles. The van der Waals surface area contributed by atoms with E-state index >= 15 is 0 Å². The van der Waals surface area contributed by atoms with Crippen molar-refractivity contribution in [3.8, 4) is 11.1 Å². The van der Waals surface area contributed by atoms with Crippen LogP contribution in [0, 0.1) is 5.82 Å². The number of rotatable bonds is 5. The number of hydrogen-bond donors (Lipinski definition) is 1. The first-order valence-corrected chi connectivity index (χ1v) is 8.81. The van der Waals surface area contributed by atoms with Crippen molar-refractivity contribution in [2.75, 3.05) is 11.9 Å². The van der Waals surface area contributed by atoms with Gasteiger partial charge in [-0.25, -0.2) is 14.4 Å². The fourth-order valence-electron chi connectivity index (χ4n) is 2.71. The molecule has 0 aliphatic heterocycles. The van der Waals surface area contributed by atoms with Gasteiger partial charge >= 0.3 is 0 Å². The van der Waals surface area contributed by atoms with E-state index < -0.39 is 0 Å². The minimum Gasteiger partial charge on any atom is -0.369 e. The van der Waals surface area contributed by atoms with Crippen LogP contribution < -0.4 is 5.32 Å². The maximum Gasteiger partial charge on any atom is 0.138 e. The van der Waals surface area contributed by atoms with Crippen LogP contribution in [0.4, 0.5) is 10.2 Å². The molecule has 0 aliphatic carbocycles. The average Bonchev–Trinajstić information content (AvgIpc) is 3.08. The van der Waals surface area contributed by atoms with Crippen molar-refractivity contribution >= 4 is 27.4 Å². The lowest BCUT2D eigenvalue weighted by Crippen LogP contribution is -2.07. The quantitative estimate of drug-likeness (QED) is 0.574. The zero-order chi connectivity index (χ0) is 17.1. The smallest absolute Gasteiger partial charge is 0.138 e. The fourth-order valence-corrected chi connectivity index (χ4v) is 3.62. The number of nitrogens with one attached hydrogen (secondary N) is 1. The van der Waals surface area contributed by atoms with Crippen molar-refractivity contribution in [1.82, 2.24) is 15.0 Å². The van der Waals surface area contributed by atoms with Crippen LogP contribution in [0.3, 0.4) is 0 Å². The number of fused-ring (bicyclic) bond motifs is 1. The highest BCUT2D eigenvalue weighted by Gasteiger charge is 2.13. The van der Waals surface area contributed by atoms with Crippen molar-refractivity contribution in [3.05, 3.63) is 71.9 Å². The molecule has 3 aromatic heterocycles. The van der Waals surface area contributed by atoms with Gasteiger partial charge < -0.3 is 5.32 Å². The number of pyridine rings is 1. The molecule has 4 aromatic rings. The van der Waals surface area contributed by atoms with E-state index in [-0.39, 0.29) is 5.82 Å². The number of hydrogen-bond acceptors (Lipinski definition) is 5. The summed E-state index contributed by atoms with van der Waals surface area (Å²) in [6, 6.07) is 12.4. The number of halogens is 1. The molecule has 0 atom stereocenters. The van der Waals surface area contributed by atoms with Gasteiger partial charge in [0.15, 0.2) is 0 Å². The second-order valence-electron chi connectivity index (χ2n) is 5.56. The molecular formula is C19H15FN4S. The topological polar surface area (TPSA) is 50.7 Å². The molecule has 0 spiro atoms. The molecule has 4 nitrogen and oxygen atoms in total. The fraction of sp³-hybridized carbons (Fsp3) is 0.105. The van der Waals surface area contributed by atoms with Gasteiger partial charge in [0.25, 0.3) is 0 Å². The summed E-state index contributed by atoms with van der Waals surface area (Å²) in [5, 5.41) is 6.40. The van der Waals surface area contributed by atoms with Crippen LogP contribution in [0.2, 0.25) is 0 Å². The first-order valence-electron chi connectivity index (χ1n) is 7.93. The summed E-state index contributed by atoms with van der Waals surface area (Å²) >= 11 is 1.56. The largest absolute Gasteiger partial charge is 0.369 e. The summed E-state index contributed by atoms with van der Waals surface area (Å²) in [5.41, 5.74) is 3.00. The summed E-state index contributed by atoms with van der Waals surface area (Å²) in [6.07, 6.45) is 4.17. The van der Waals surface area contributed by atoms with Gasteiger partial charge in [-0.15, -0.1) is 11.3 Å². The highest BCUT2D eigenvalue weighted by Crippen LogP contribution is 2.36. The van der Waals surface area contributed by atoms with E-state index in [0.717, 1.165) is 45.8 Å². The monoisotopic (exact) mass is 350 g/mol. The third-order valence-electron chi connectivity index (χ3n) is 3.93. The molecule has 0 saturated carbocycles. The van der Waals surface area contributed by atoms with Crippen molar-refractivity contribution in [2.45, 2.75) is 6.42 Å². The van der Waals surface area contributed by atoms with Gasteiger partial charge in [0.2, 0.25) is 0 Å². The van der Waals surface area contributed by atoms with Crippen LogP contribution in [-0.2, 0) is 6.42 Å². The van der Waals surface area contributed by atoms with E-state index in [1.165, 1.54) is 12.1 Å². The summed E-state index contributed by atoms with van der Waals surface area (Å²) in [4.78, 5) is 14.0. The van der Waals surface area contributed by atoms with Crippen molar-refractivity contribution < 1.29 is 4.39 Å². The minimum atomic E-state index is -0.242. The van der Waals surface area contributed by atoms with Crippen LogP contribution in [0.25, 0.3) is 21.3 Å². The van der Waals surface area contributed by atoms with Gasteiger partial charge in [-0.05, 0) is 29.8 Å². The third-order valence-corrected chi connectivity index (χ3v) is 4.81. The van der Waals surface area contributed by atoms with Gasteiger partial charge in [-0.3, -0.25) is 4.98 Å². The second kappa shape index (κ2) is 6.94. The van der Waals surface area contributed by atoms with Gasteiger partial charge in [0, 0.05) is 35.8 Å². The maximum absolute atomic E-state index is 13.2. The number of thiophene rings is 1. The molecule has 6 heteroatoms. The normalized spacial score (nSPS) is 10.9. The van der Waals surface area contributed by atoms with Gasteiger partial charge in [0.1, 0.15) is 22.8 Å². The Morgan fingerprint density at radius 1 is 1.00 bits per heavy atom. The SMILES string of the molecule is Fc1ccc(-c2csc3ncnc(NCCc4ccccn4)c23)cc1. The summed E-state index contributed by atoms with van der Waals surface area (Å²) in [5.74, 6) is 0.551. The van der Waals surface area contributed by atoms with Crippen LogP contribution in [-0.4, -0.2) is 21.5 Å². The van der Waals surface area contributed by atoms with E-state index in [4.69, 9.17) is 0 Å². The highest BCUT2D eigenvalue weighted by molar-refractivity contribution is 7.17. The van der Waals surface area contributed by atoms with Crippen molar-refractivity contribution in [1.29, 1.82) is 0 Å². The Hall–Kier alpha value is -2.86. The van der Waals surface area contributed by atoms with E-state index in [1.54, 1.807) is 36.0 Å². The van der Waals surface area contributed by atoms with Crippen molar-refractivity contribution in [3.63, 3.8) is 0 Å². The molecule has 0 unspecified atom stereocenters. The lowest BCUT2D eigenvalue weighted by Gasteiger charge is -2.08. The Morgan fingerprint density at radius 2 is 1.88 bits per heavy atom. The maximum atomic E-state index is 13.2. The zero-order valence-electron chi connectivity index (χ0n) is 13.3. The molecule has 1 aromatic carbocycles. The Labute approximate surface area is 148 Å². The molecule has 124 valence electrons. The third kappa shape index (κ3) is 3.34. The first kappa shape index (κ1) is 15.7. The minimum absolute atomic E-state index is 0.242. The van der Waals surface area contributed by atoms with E-state index in [2.05, 4.69) is 20.3 Å². The molecule has 0 aliphatic rings. The van der Waals surface area contributed by atoms with E-state index in [9.17, 15) is 4.39 Å². The molecular weight excluding hydrogens is 335 g/mol. The standard InChI is InChI=1S/C19H15FN4S/c20-14-6-4-13(5-7-14)16-11-25-19-17(16)18(23-12-24-19)22-10-8-15-3-1-2-9-21-15/h1-7,9,11-12H,8,10H2,(H,22,23,24). The Bertz CT molecular complexity index is 983. The number of anilines is 1. The van der Waals surface area contributed by atoms with Crippen LogP contribution in [0.15, 0.2) is 60.4 Å². The van der Waals surface area contributed by atoms with E-state index in [1.807, 2.05) is 23.6 Å². The van der Waals surface area contributed by atoms with Crippen LogP contribution in [0.5, 0.6) is 0 Å². The average molecular weight is 350 g/mol. The molecule has 0 amide bonds. The number of nitrogens with zero attached hydrogens (tertiary/aromatic N) is 3. The second-order valence-corrected chi connectivity index (χ2v) is 6.41. The summed E-state index contributed by atoms with van der Waals surface area (Å²) < 4.78 is 13.2. The van der Waals surface area contributed by atoms with Crippen molar-refractivity contribution in [2.24, 2.45) is 0 Å².